The fourth-order valence-corrected chi connectivity index (χ4v) is 3.21. The van der Waals surface area contributed by atoms with Crippen LogP contribution in [0.1, 0.15) is 24.5 Å². The van der Waals surface area contributed by atoms with Gasteiger partial charge in [-0.25, -0.2) is 0 Å². The first-order chi connectivity index (χ1) is 10.1. The van der Waals surface area contributed by atoms with Gasteiger partial charge in [-0.05, 0) is 57.6 Å². The van der Waals surface area contributed by atoms with E-state index < -0.39 is 0 Å². The van der Waals surface area contributed by atoms with E-state index in [0.29, 0.717) is 6.04 Å². The van der Waals surface area contributed by atoms with Crippen molar-refractivity contribution in [2.24, 2.45) is 5.84 Å². The highest BCUT2D eigenvalue weighted by Crippen LogP contribution is 2.15. The highest BCUT2D eigenvalue weighted by molar-refractivity contribution is 5.23. The van der Waals surface area contributed by atoms with Gasteiger partial charge in [0.25, 0.3) is 0 Å². The summed E-state index contributed by atoms with van der Waals surface area (Å²) in [6.45, 7) is 5.57. The Morgan fingerprint density at radius 1 is 1.19 bits per heavy atom. The van der Waals surface area contributed by atoms with Crippen molar-refractivity contribution < 1.29 is 0 Å². The molecule has 0 aliphatic carbocycles. The van der Waals surface area contributed by atoms with Gasteiger partial charge < -0.3 is 9.80 Å². The van der Waals surface area contributed by atoms with Gasteiger partial charge in [0.1, 0.15) is 0 Å². The van der Waals surface area contributed by atoms with E-state index in [9.17, 15) is 0 Å². The number of hydrogen-bond acceptors (Lipinski definition) is 4. The Hall–Kier alpha value is -0.940. The molecule has 118 valence electrons. The zero-order valence-corrected chi connectivity index (χ0v) is 13.7. The summed E-state index contributed by atoms with van der Waals surface area (Å²) in [5.74, 6) is 5.87. The lowest BCUT2D eigenvalue weighted by molar-refractivity contribution is 0.177. The maximum atomic E-state index is 5.87. The average Bonchev–Trinajstić information content (AvgIpc) is 2.67. The smallest absolute Gasteiger partial charge is 0.0418 e. The molecular weight excluding hydrogens is 260 g/mol. The molecular formula is C17H30N4. The first kappa shape index (κ1) is 16.4. The second kappa shape index (κ2) is 7.90. The molecule has 1 aromatic carbocycles. The van der Waals surface area contributed by atoms with Gasteiger partial charge in [0.2, 0.25) is 0 Å². The van der Waals surface area contributed by atoms with Crippen LogP contribution in [0.3, 0.4) is 0 Å². The number of benzene rings is 1. The maximum Gasteiger partial charge on any atom is 0.0418 e. The van der Waals surface area contributed by atoms with Crippen molar-refractivity contribution in [2.45, 2.75) is 38.3 Å². The molecule has 0 bridgehead atoms. The van der Waals surface area contributed by atoms with Gasteiger partial charge in [-0.2, -0.15) is 0 Å². The standard InChI is InChI=1S/C17H30N4/c1-4-14-6-8-15(9-7-14)12-16(19-18)17-13-20(2)10-5-11-21(17)3/h6-9,16-17,19H,4-5,10-13,18H2,1-3H3. The summed E-state index contributed by atoms with van der Waals surface area (Å²) in [4.78, 5) is 4.87. The van der Waals surface area contributed by atoms with Crippen LogP contribution < -0.4 is 11.3 Å². The van der Waals surface area contributed by atoms with Gasteiger partial charge in [0, 0.05) is 18.6 Å². The van der Waals surface area contributed by atoms with Crippen molar-refractivity contribution in [3.8, 4) is 0 Å². The summed E-state index contributed by atoms with van der Waals surface area (Å²) in [5, 5.41) is 0. The minimum absolute atomic E-state index is 0.281. The molecule has 1 saturated heterocycles. The number of nitrogens with zero attached hydrogens (tertiary/aromatic N) is 2. The highest BCUT2D eigenvalue weighted by atomic mass is 15.3. The van der Waals surface area contributed by atoms with Crippen molar-refractivity contribution in [3.63, 3.8) is 0 Å². The van der Waals surface area contributed by atoms with E-state index in [4.69, 9.17) is 5.84 Å². The van der Waals surface area contributed by atoms with Gasteiger partial charge >= 0.3 is 0 Å². The summed E-state index contributed by atoms with van der Waals surface area (Å²) >= 11 is 0. The molecule has 1 aromatic rings. The van der Waals surface area contributed by atoms with Crippen LogP contribution in [-0.2, 0) is 12.8 Å². The molecule has 1 aliphatic rings. The Bertz CT molecular complexity index is 417. The van der Waals surface area contributed by atoms with Gasteiger partial charge in [-0.15, -0.1) is 0 Å². The molecule has 2 atom stereocenters. The molecule has 1 fully saturated rings. The van der Waals surface area contributed by atoms with Crippen LogP contribution in [0.15, 0.2) is 24.3 Å². The van der Waals surface area contributed by atoms with Gasteiger partial charge in [-0.1, -0.05) is 31.2 Å². The van der Waals surface area contributed by atoms with E-state index >= 15 is 0 Å². The Balaban J connectivity index is 2.06. The normalized spacial score (nSPS) is 23.0. The monoisotopic (exact) mass is 290 g/mol. The number of hydrogen-bond donors (Lipinski definition) is 2. The average molecular weight is 290 g/mol. The lowest BCUT2D eigenvalue weighted by Crippen LogP contribution is -2.55. The fraction of sp³-hybridized carbons (Fsp3) is 0.647. The summed E-state index contributed by atoms with van der Waals surface area (Å²) in [5.41, 5.74) is 5.81. The summed E-state index contributed by atoms with van der Waals surface area (Å²) in [6.07, 6.45) is 3.30. The van der Waals surface area contributed by atoms with Crippen LogP contribution in [0.2, 0.25) is 0 Å². The molecule has 0 radical (unpaired) electrons. The molecule has 4 heteroatoms. The molecule has 0 amide bonds. The van der Waals surface area contributed by atoms with Gasteiger partial charge in [0.15, 0.2) is 0 Å². The number of nitrogens with two attached hydrogens (primary N) is 1. The minimum atomic E-state index is 0.281. The van der Waals surface area contributed by atoms with E-state index in [2.05, 4.69) is 60.5 Å². The Morgan fingerprint density at radius 2 is 1.86 bits per heavy atom. The van der Waals surface area contributed by atoms with E-state index in [0.717, 1.165) is 25.9 Å². The Kier molecular flexibility index (Phi) is 6.18. The van der Waals surface area contributed by atoms with Gasteiger partial charge in [0.05, 0.1) is 0 Å². The third kappa shape index (κ3) is 4.51. The lowest BCUT2D eigenvalue weighted by Gasteiger charge is -2.34. The van der Waals surface area contributed by atoms with Crippen LogP contribution in [0.25, 0.3) is 0 Å². The maximum absolute atomic E-state index is 5.87. The molecule has 0 aromatic heterocycles. The van der Waals surface area contributed by atoms with Crippen LogP contribution >= 0.6 is 0 Å². The zero-order chi connectivity index (χ0) is 15.2. The number of hydrazine groups is 1. The second-order valence-electron chi connectivity index (χ2n) is 6.31. The SMILES string of the molecule is CCc1ccc(CC(NN)C2CN(C)CCCN2C)cc1. The van der Waals surface area contributed by atoms with Crippen molar-refractivity contribution in [1.82, 2.24) is 15.2 Å². The Morgan fingerprint density at radius 3 is 2.48 bits per heavy atom. The van der Waals surface area contributed by atoms with Gasteiger partial charge in [-0.3, -0.25) is 11.3 Å². The van der Waals surface area contributed by atoms with Crippen molar-refractivity contribution in [2.75, 3.05) is 33.7 Å². The molecule has 3 N–H and O–H groups in total. The van der Waals surface area contributed by atoms with Crippen LogP contribution in [-0.4, -0.2) is 55.6 Å². The van der Waals surface area contributed by atoms with E-state index in [1.165, 1.54) is 24.1 Å². The van der Waals surface area contributed by atoms with Crippen molar-refractivity contribution in [3.05, 3.63) is 35.4 Å². The molecule has 0 saturated carbocycles. The number of rotatable bonds is 5. The summed E-state index contributed by atoms with van der Waals surface area (Å²) < 4.78 is 0. The molecule has 4 nitrogen and oxygen atoms in total. The Labute approximate surface area is 129 Å². The highest BCUT2D eigenvalue weighted by Gasteiger charge is 2.27. The van der Waals surface area contributed by atoms with Crippen LogP contribution in [0.4, 0.5) is 0 Å². The largest absolute Gasteiger partial charge is 0.305 e. The van der Waals surface area contributed by atoms with E-state index in [-0.39, 0.29) is 6.04 Å². The quantitative estimate of drug-likeness (QED) is 0.633. The third-order valence-corrected chi connectivity index (χ3v) is 4.68. The molecule has 2 rings (SSSR count). The molecule has 1 heterocycles. The van der Waals surface area contributed by atoms with Crippen LogP contribution in [0, 0.1) is 0 Å². The number of nitrogens with one attached hydrogen (secondary N) is 1. The molecule has 21 heavy (non-hydrogen) atoms. The summed E-state index contributed by atoms with van der Waals surface area (Å²) in [7, 11) is 4.42. The first-order valence-corrected chi connectivity index (χ1v) is 8.06. The third-order valence-electron chi connectivity index (χ3n) is 4.68. The number of aryl methyl sites for hydroxylation is 1. The second-order valence-corrected chi connectivity index (χ2v) is 6.31. The fourth-order valence-electron chi connectivity index (χ4n) is 3.21. The summed E-state index contributed by atoms with van der Waals surface area (Å²) in [6, 6.07) is 9.67. The predicted octanol–water partition coefficient (Wildman–Crippen LogP) is 1.26. The van der Waals surface area contributed by atoms with E-state index in [1.807, 2.05) is 0 Å². The first-order valence-electron chi connectivity index (χ1n) is 8.06. The molecule has 0 spiro atoms. The molecule has 1 aliphatic heterocycles. The predicted molar refractivity (Wildman–Crippen MR) is 89.2 cm³/mol. The zero-order valence-electron chi connectivity index (χ0n) is 13.7. The van der Waals surface area contributed by atoms with Crippen molar-refractivity contribution in [1.29, 1.82) is 0 Å². The lowest BCUT2D eigenvalue weighted by atomic mass is 9.97. The van der Waals surface area contributed by atoms with E-state index in [1.54, 1.807) is 0 Å². The topological polar surface area (TPSA) is 44.5 Å². The minimum Gasteiger partial charge on any atom is -0.305 e. The molecule has 2 unspecified atom stereocenters. The van der Waals surface area contributed by atoms with Crippen LogP contribution in [0.5, 0.6) is 0 Å². The van der Waals surface area contributed by atoms with Crippen molar-refractivity contribution >= 4 is 0 Å². The number of likely N-dealkylation sites (N-methyl/N-ethyl adjacent to an activating group) is 2.